The molecule has 2 N–H and O–H groups in total. The van der Waals surface area contributed by atoms with Crippen LogP contribution in [0.15, 0.2) is 12.1 Å². The molecule has 0 unspecified atom stereocenters. The lowest BCUT2D eigenvalue weighted by atomic mass is 10.1. The predicted octanol–water partition coefficient (Wildman–Crippen LogP) is 1.90. The normalized spacial score (nSPS) is 10.1. The molecule has 0 aromatic heterocycles. The van der Waals surface area contributed by atoms with Gasteiger partial charge in [-0.2, -0.15) is 0 Å². The lowest BCUT2D eigenvalue weighted by Gasteiger charge is -2.12. The lowest BCUT2D eigenvalue weighted by molar-refractivity contribution is 0.352. The summed E-state index contributed by atoms with van der Waals surface area (Å²) in [6.07, 6.45) is 1.98. The van der Waals surface area contributed by atoms with Gasteiger partial charge in [0, 0.05) is 0 Å². The standard InChI is InChI=1S/C12H19NO2/c1-9-7-10(5-4-6-13)8-11(14-2)12(9)15-3/h7-8H,4-6,13H2,1-3H3. The molecule has 0 saturated carbocycles. The van der Waals surface area contributed by atoms with Crippen molar-refractivity contribution in [2.75, 3.05) is 20.8 Å². The van der Waals surface area contributed by atoms with Crippen molar-refractivity contribution >= 4 is 0 Å². The van der Waals surface area contributed by atoms with Gasteiger partial charge in [0.1, 0.15) is 0 Å². The smallest absolute Gasteiger partial charge is 0.163 e. The maximum Gasteiger partial charge on any atom is 0.163 e. The Morgan fingerprint density at radius 2 is 1.93 bits per heavy atom. The molecule has 0 aliphatic heterocycles. The molecule has 15 heavy (non-hydrogen) atoms. The van der Waals surface area contributed by atoms with Gasteiger partial charge in [0.25, 0.3) is 0 Å². The van der Waals surface area contributed by atoms with Crippen LogP contribution in [0, 0.1) is 6.92 Å². The summed E-state index contributed by atoms with van der Waals surface area (Å²) in [4.78, 5) is 0. The molecule has 0 amide bonds. The number of methoxy groups -OCH3 is 2. The molecule has 0 heterocycles. The maximum absolute atomic E-state index is 5.49. The molecule has 0 fully saturated rings. The van der Waals surface area contributed by atoms with Crippen LogP contribution < -0.4 is 15.2 Å². The summed E-state index contributed by atoms with van der Waals surface area (Å²) in [5.74, 6) is 1.61. The Morgan fingerprint density at radius 3 is 2.47 bits per heavy atom. The number of rotatable bonds is 5. The third kappa shape index (κ3) is 2.86. The van der Waals surface area contributed by atoms with Crippen molar-refractivity contribution in [2.45, 2.75) is 19.8 Å². The van der Waals surface area contributed by atoms with Crippen LogP contribution in [0.4, 0.5) is 0 Å². The summed E-state index contributed by atoms with van der Waals surface area (Å²) in [6, 6.07) is 4.14. The summed E-state index contributed by atoms with van der Waals surface area (Å²) in [6.45, 7) is 2.74. The summed E-state index contributed by atoms with van der Waals surface area (Å²) in [7, 11) is 3.31. The van der Waals surface area contributed by atoms with E-state index in [2.05, 4.69) is 6.07 Å². The molecule has 0 atom stereocenters. The molecule has 1 aromatic rings. The largest absolute Gasteiger partial charge is 0.493 e. The minimum absolute atomic E-state index is 0.716. The highest BCUT2D eigenvalue weighted by Gasteiger charge is 2.08. The first kappa shape index (κ1) is 11.9. The molecule has 0 aliphatic rings. The Labute approximate surface area is 91.2 Å². The van der Waals surface area contributed by atoms with E-state index in [1.807, 2.05) is 13.0 Å². The van der Waals surface area contributed by atoms with Gasteiger partial charge in [-0.15, -0.1) is 0 Å². The van der Waals surface area contributed by atoms with E-state index >= 15 is 0 Å². The highest BCUT2D eigenvalue weighted by Crippen LogP contribution is 2.32. The van der Waals surface area contributed by atoms with Crippen molar-refractivity contribution in [3.63, 3.8) is 0 Å². The van der Waals surface area contributed by atoms with Gasteiger partial charge in [-0.05, 0) is 43.5 Å². The van der Waals surface area contributed by atoms with E-state index in [1.54, 1.807) is 14.2 Å². The van der Waals surface area contributed by atoms with Crippen molar-refractivity contribution in [3.8, 4) is 11.5 Å². The molecule has 3 nitrogen and oxygen atoms in total. The zero-order chi connectivity index (χ0) is 11.3. The third-order valence-corrected chi connectivity index (χ3v) is 2.39. The Bertz CT molecular complexity index is 324. The molecular weight excluding hydrogens is 190 g/mol. The monoisotopic (exact) mass is 209 g/mol. The fraction of sp³-hybridized carbons (Fsp3) is 0.500. The van der Waals surface area contributed by atoms with Gasteiger partial charge >= 0.3 is 0 Å². The zero-order valence-corrected chi connectivity index (χ0v) is 9.67. The fourth-order valence-corrected chi connectivity index (χ4v) is 1.68. The van der Waals surface area contributed by atoms with Crippen LogP contribution in [0.25, 0.3) is 0 Å². The van der Waals surface area contributed by atoms with Crippen molar-refractivity contribution in [1.29, 1.82) is 0 Å². The molecule has 1 rings (SSSR count). The van der Waals surface area contributed by atoms with Gasteiger partial charge in [-0.1, -0.05) is 6.07 Å². The average molecular weight is 209 g/mol. The number of benzene rings is 1. The van der Waals surface area contributed by atoms with Gasteiger partial charge in [-0.25, -0.2) is 0 Å². The highest BCUT2D eigenvalue weighted by atomic mass is 16.5. The second-order valence-corrected chi connectivity index (χ2v) is 3.54. The first-order chi connectivity index (χ1) is 7.22. The van der Waals surface area contributed by atoms with E-state index < -0.39 is 0 Å². The van der Waals surface area contributed by atoms with E-state index in [4.69, 9.17) is 15.2 Å². The van der Waals surface area contributed by atoms with Crippen LogP contribution in [0.2, 0.25) is 0 Å². The second kappa shape index (κ2) is 5.61. The summed E-state index contributed by atoms with van der Waals surface area (Å²) < 4.78 is 10.6. The van der Waals surface area contributed by atoms with Gasteiger partial charge in [-0.3, -0.25) is 0 Å². The zero-order valence-electron chi connectivity index (χ0n) is 9.67. The van der Waals surface area contributed by atoms with Gasteiger partial charge in [0.05, 0.1) is 14.2 Å². The SMILES string of the molecule is COc1cc(CCCN)cc(C)c1OC. The minimum Gasteiger partial charge on any atom is -0.493 e. The Balaban J connectivity index is 2.97. The van der Waals surface area contributed by atoms with Gasteiger partial charge in [0.2, 0.25) is 0 Å². The maximum atomic E-state index is 5.49. The van der Waals surface area contributed by atoms with Crippen LogP contribution >= 0.6 is 0 Å². The van der Waals surface area contributed by atoms with Crippen LogP contribution in [0.3, 0.4) is 0 Å². The Hall–Kier alpha value is -1.22. The fourth-order valence-electron chi connectivity index (χ4n) is 1.68. The van der Waals surface area contributed by atoms with Crippen molar-refractivity contribution in [3.05, 3.63) is 23.3 Å². The molecule has 3 heteroatoms. The van der Waals surface area contributed by atoms with E-state index in [0.717, 1.165) is 29.9 Å². The van der Waals surface area contributed by atoms with Crippen LogP contribution in [-0.4, -0.2) is 20.8 Å². The van der Waals surface area contributed by atoms with Gasteiger partial charge in [0.15, 0.2) is 11.5 Å². The Kier molecular flexibility index (Phi) is 4.43. The van der Waals surface area contributed by atoms with Crippen LogP contribution in [0.5, 0.6) is 11.5 Å². The first-order valence-corrected chi connectivity index (χ1v) is 5.14. The molecule has 0 spiro atoms. The summed E-state index contributed by atoms with van der Waals surface area (Å²) in [5.41, 5.74) is 7.83. The second-order valence-electron chi connectivity index (χ2n) is 3.54. The molecule has 0 aliphatic carbocycles. The van der Waals surface area contributed by atoms with Crippen LogP contribution in [-0.2, 0) is 6.42 Å². The van der Waals surface area contributed by atoms with E-state index in [-0.39, 0.29) is 0 Å². The number of hydrogen-bond acceptors (Lipinski definition) is 3. The lowest BCUT2D eigenvalue weighted by Crippen LogP contribution is -2.01. The number of nitrogens with two attached hydrogens (primary N) is 1. The van der Waals surface area contributed by atoms with Gasteiger partial charge < -0.3 is 15.2 Å². The number of ether oxygens (including phenoxy) is 2. The van der Waals surface area contributed by atoms with E-state index in [0.29, 0.717) is 6.54 Å². The van der Waals surface area contributed by atoms with Crippen LogP contribution in [0.1, 0.15) is 17.5 Å². The van der Waals surface area contributed by atoms with Crippen molar-refractivity contribution in [1.82, 2.24) is 0 Å². The topological polar surface area (TPSA) is 44.5 Å². The molecular formula is C12H19NO2. The third-order valence-electron chi connectivity index (χ3n) is 2.39. The quantitative estimate of drug-likeness (QED) is 0.805. The molecule has 0 radical (unpaired) electrons. The predicted molar refractivity (Wildman–Crippen MR) is 61.7 cm³/mol. The number of aryl methyl sites for hydroxylation is 2. The van der Waals surface area contributed by atoms with E-state index in [1.165, 1.54) is 5.56 Å². The number of hydrogen-bond donors (Lipinski definition) is 1. The highest BCUT2D eigenvalue weighted by molar-refractivity contribution is 5.48. The summed E-state index contributed by atoms with van der Waals surface area (Å²) in [5, 5.41) is 0. The minimum atomic E-state index is 0.716. The molecule has 1 aromatic carbocycles. The van der Waals surface area contributed by atoms with Crippen molar-refractivity contribution in [2.24, 2.45) is 5.73 Å². The molecule has 84 valence electrons. The van der Waals surface area contributed by atoms with Crippen molar-refractivity contribution < 1.29 is 9.47 Å². The first-order valence-electron chi connectivity index (χ1n) is 5.14. The Morgan fingerprint density at radius 1 is 1.20 bits per heavy atom. The molecule has 0 saturated heterocycles. The summed E-state index contributed by atoms with van der Waals surface area (Å²) >= 11 is 0. The molecule has 0 bridgehead atoms. The average Bonchev–Trinajstić information content (AvgIpc) is 2.25. The van der Waals surface area contributed by atoms with E-state index in [9.17, 15) is 0 Å².